The first-order chi connectivity index (χ1) is 12.8. The van der Waals surface area contributed by atoms with E-state index in [1.54, 1.807) is 0 Å². The first-order valence-corrected chi connectivity index (χ1v) is 11.0. The Morgan fingerprint density at radius 2 is 1.42 bits per heavy atom. The molecule has 2 heteroatoms. The summed E-state index contributed by atoms with van der Waals surface area (Å²) < 4.78 is 5.01. The highest BCUT2D eigenvalue weighted by atomic mass is 15.1. The van der Waals surface area contributed by atoms with Gasteiger partial charge in [0.1, 0.15) is 12.4 Å². The molecular weight excluding hydrogens is 316 g/mol. The smallest absolute Gasteiger partial charge is 0.234 e. The van der Waals surface area contributed by atoms with Crippen molar-refractivity contribution in [3.63, 3.8) is 0 Å². The van der Waals surface area contributed by atoms with Crippen molar-refractivity contribution in [2.75, 3.05) is 0 Å². The van der Waals surface area contributed by atoms with E-state index in [1.807, 2.05) is 0 Å². The Hall–Kier alpha value is -1.57. The van der Waals surface area contributed by atoms with Crippen molar-refractivity contribution < 1.29 is 4.57 Å². The van der Waals surface area contributed by atoms with E-state index in [2.05, 4.69) is 65.7 Å². The summed E-state index contributed by atoms with van der Waals surface area (Å²) in [5.74, 6) is 1.47. The molecule has 2 aromatic rings. The summed E-state index contributed by atoms with van der Waals surface area (Å²) in [6, 6.07) is 10.9. The standard InChI is InChI=1S/C24H39N2/c1-3-5-7-9-10-15-19-26-21-20-25(18-14-8-6-4-2)24(26)22-23-16-12-11-13-17-23/h11-13,16-17,20-21H,3-10,14-15,18-19,22H2,1-2H3/q+1. The number of benzene rings is 1. The highest BCUT2D eigenvalue weighted by Gasteiger charge is 2.17. The third-order valence-electron chi connectivity index (χ3n) is 5.30. The predicted octanol–water partition coefficient (Wildman–Crippen LogP) is 6.31. The minimum Gasteiger partial charge on any atom is -0.234 e. The molecular formula is C24H39N2+. The van der Waals surface area contributed by atoms with Gasteiger partial charge in [-0.05, 0) is 31.2 Å². The van der Waals surface area contributed by atoms with E-state index in [4.69, 9.17) is 0 Å². The van der Waals surface area contributed by atoms with Crippen LogP contribution in [-0.2, 0) is 19.5 Å². The normalized spacial score (nSPS) is 11.2. The largest absolute Gasteiger partial charge is 0.260 e. The van der Waals surface area contributed by atoms with Gasteiger partial charge in [-0.15, -0.1) is 0 Å². The molecule has 1 aromatic carbocycles. The second kappa shape index (κ2) is 12.7. The average molecular weight is 356 g/mol. The van der Waals surface area contributed by atoms with Crippen LogP contribution in [-0.4, -0.2) is 4.57 Å². The van der Waals surface area contributed by atoms with Crippen molar-refractivity contribution in [2.24, 2.45) is 0 Å². The molecule has 0 unspecified atom stereocenters. The molecule has 144 valence electrons. The number of rotatable bonds is 14. The molecule has 0 aliphatic rings. The Labute approximate surface area is 161 Å². The minimum absolute atomic E-state index is 1.04. The van der Waals surface area contributed by atoms with Gasteiger partial charge in [0.15, 0.2) is 0 Å². The maximum Gasteiger partial charge on any atom is 0.260 e. The number of unbranched alkanes of at least 4 members (excludes halogenated alkanes) is 8. The van der Waals surface area contributed by atoms with Crippen molar-refractivity contribution in [1.82, 2.24) is 4.57 Å². The van der Waals surface area contributed by atoms with Gasteiger partial charge in [0.05, 0.1) is 19.5 Å². The minimum atomic E-state index is 1.04. The molecule has 26 heavy (non-hydrogen) atoms. The molecule has 0 aliphatic heterocycles. The van der Waals surface area contributed by atoms with Crippen LogP contribution >= 0.6 is 0 Å². The lowest BCUT2D eigenvalue weighted by Gasteiger charge is -2.06. The summed E-state index contributed by atoms with van der Waals surface area (Å²) >= 11 is 0. The molecule has 0 N–H and O–H groups in total. The summed E-state index contributed by atoms with van der Waals surface area (Å²) in [5.41, 5.74) is 1.41. The molecule has 1 aromatic heterocycles. The molecule has 0 fully saturated rings. The molecule has 1 heterocycles. The average Bonchev–Trinajstić information content (AvgIpc) is 3.04. The summed E-state index contributed by atoms with van der Waals surface area (Å²) in [7, 11) is 0. The number of hydrogen-bond donors (Lipinski definition) is 0. The quantitative estimate of drug-likeness (QED) is 0.277. The van der Waals surface area contributed by atoms with Crippen molar-refractivity contribution in [2.45, 2.75) is 97.6 Å². The van der Waals surface area contributed by atoms with E-state index < -0.39 is 0 Å². The third-order valence-corrected chi connectivity index (χ3v) is 5.30. The number of nitrogens with zero attached hydrogens (tertiary/aromatic N) is 2. The molecule has 0 atom stereocenters. The topological polar surface area (TPSA) is 8.81 Å². The van der Waals surface area contributed by atoms with Gasteiger partial charge >= 0.3 is 0 Å². The molecule has 0 spiro atoms. The SMILES string of the molecule is CCCCCCCC[n+]1ccn(CCCCCC)c1Cc1ccccc1. The van der Waals surface area contributed by atoms with Gasteiger partial charge in [0.25, 0.3) is 5.82 Å². The van der Waals surface area contributed by atoms with E-state index in [1.165, 1.54) is 75.6 Å². The van der Waals surface area contributed by atoms with Gasteiger partial charge in [-0.25, -0.2) is 9.13 Å². The van der Waals surface area contributed by atoms with Crippen molar-refractivity contribution in [3.8, 4) is 0 Å². The molecule has 2 nitrogen and oxygen atoms in total. The zero-order chi connectivity index (χ0) is 18.5. The molecule has 0 bridgehead atoms. The monoisotopic (exact) mass is 355 g/mol. The number of aromatic nitrogens is 2. The van der Waals surface area contributed by atoms with E-state index >= 15 is 0 Å². The maximum absolute atomic E-state index is 2.51. The van der Waals surface area contributed by atoms with Crippen LogP contribution in [0.25, 0.3) is 0 Å². The van der Waals surface area contributed by atoms with E-state index in [0.29, 0.717) is 0 Å². The summed E-state index contributed by atoms with van der Waals surface area (Å²) in [6.45, 7) is 6.89. The van der Waals surface area contributed by atoms with Crippen LogP contribution in [0.2, 0.25) is 0 Å². The fourth-order valence-corrected chi connectivity index (χ4v) is 3.66. The Morgan fingerprint density at radius 1 is 0.769 bits per heavy atom. The van der Waals surface area contributed by atoms with Crippen LogP contribution in [0.1, 0.15) is 89.4 Å². The number of imidazole rings is 1. The molecule has 0 saturated carbocycles. The first kappa shape index (κ1) is 20.7. The highest BCUT2D eigenvalue weighted by molar-refractivity contribution is 5.18. The lowest BCUT2D eigenvalue weighted by molar-refractivity contribution is -0.703. The van der Waals surface area contributed by atoms with E-state index in [0.717, 1.165) is 19.5 Å². The van der Waals surface area contributed by atoms with Crippen molar-refractivity contribution in [3.05, 3.63) is 54.1 Å². The van der Waals surface area contributed by atoms with Gasteiger partial charge in [-0.3, -0.25) is 0 Å². The van der Waals surface area contributed by atoms with Crippen LogP contribution in [0.5, 0.6) is 0 Å². The van der Waals surface area contributed by atoms with Gasteiger partial charge in [-0.2, -0.15) is 0 Å². The second-order valence-electron chi connectivity index (χ2n) is 7.59. The highest BCUT2D eigenvalue weighted by Crippen LogP contribution is 2.11. The van der Waals surface area contributed by atoms with E-state index in [-0.39, 0.29) is 0 Å². The zero-order valence-corrected chi connectivity index (χ0v) is 17.1. The van der Waals surface area contributed by atoms with Crippen LogP contribution in [0.15, 0.2) is 42.7 Å². The van der Waals surface area contributed by atoms with Crippen LogP contribution in [0, 0.1) is 0 Å². The Bertz CT molecular complexity index is 586. The van der Waals surface area contributed by atoms with Crippen molar-refractivity contribution >= 4 is 0 Å². The van der Waals surface area contributed by atoms with Crippen LogP contribution in [0.4, 0.5) is 0 Å². The van der Waals surface area contributed by atoms with Crippen molar-refractivity contribution in [1.29, 1.82) is 0 Å². The van der Waals surface area contributed by atoms with Gasteiger partial charge < -0.3 is 0 Å². The summed E-state index contributed by atoms with van der Waals surface area (Å²) in [5, 5.41) is 0. The maximum atomic E-state index is 2.51. The molecule has 0 aliphatic carbocycles. The molecule has 0 amide bonds. The Balaban J connectivity index is 1.95. The fourth-order valence-electron chi connectivity index (χ4n) is 3.66. The third kappa shape index (κ3) is 7.35. The summed E-state index contributed by atoms with van der Waals surface area (Å²) in [4.78, 5) is 0. The van der Waals surface area contributed by atoms with Gasteiger partial charge in [-0.1, -0.05) is 82.7 Å². The van der Waals surface area contributed by atoms with Gasteiger partial charge in [0.2, 0.25) is 0 Å². The van der Waals surface area contributed by atoms with E-state index in [9.17, 15) is 0 Å². The lowest BCUT2D eigenvalue weighted by Crippen LogP contribution is -2.37. The second-order valence-corrected chi connectivity index (χ2v) is 7.59. The van der Waals surface area contributed by atoms with Crippen LogP contribution < -0.4 is 4.57 Å². The fraction of sp³-hybridized carbons (Fsp3) is 0.625. The van der Waals surface area contributed by atoms with Gasteiger partial charge in [0, 0.05) is 0 Å². The number of hydrogen-bond acceptors (Lipinski definition) is 0. The Kier molecular flexibility index (Phi) is 10.2. The Morgan fingerprint density at radius 3 is 2.15 bits per heavy atom. The first-order valence-electron chi connectivity index (χ1n) is 11.0. The predicted molar refractivity (Wildman–Crippen MR) is 111 cm³/mol. The molecule has 0 saturated heterocycles. The van der Waals surface area contributed by atoms with Crippen LogP contribution in [0.3, 0.4) is 0 Å². The lowest BCUT2D eigenvalue weighted by atomic mass is 10.1. The number of aryl methyl sites for hydroxylation is 2. The molecule has 2 rings (SSSR count). The zero-order valence-electron chi connectivity index (χ0n) is 17.1. The molecule has 0 radical (unpaired) electrons. The summed E-state index contributed by atoms with van der Waals surface area (Å²) in [6.07, 6.45) is 19.1.